The molecule has 0 saturated carbocycles. The highest BCUT2D eigenvalue weighted by atomic mass is 79.9. The van der Waals surface area contributed by atoms with Crippen LogP contribution < -0.4 is 10.5 Å². The van der Waals surface area contributed by atoms with Crippen LogP contribution in [0.3, 0.4) is 0 Å². The normalized spacial score (nSPS) is 11.3. The minimum atomic E-state index is -3.68. The summed E-state index contributed by atoms with van der Waals surface area (Å²) in [5.74, 6) is 0. The molecule has 0 spiro atoms. The largest absolute Gasteiger partial charge is 0.389 e. The van der Waals surface area contributed by atoms with Crippen LogP contribution in [0.2, 0.25) is 0 Å². The fourth-order valence-corrected chi connectivity index (χ4v) is 3.73. The van der Waals surface area contributed by atoms with Gasteiger partial charge in [0.05, 0.1) is 4.90 Å². The third kappa shape index (κ3) is 4.10. The number of nitrogens with one attached hydrogen (secondary N) is 1. The third-order valence-corrected chi connectivity index (χ3v) is 4.97. The first kappa shape index (κ1) is 16.1. The molecule has 0 aliphatic heterocycles. The summed E-state index contributed by atoms with van der Waals surface area (Å²) in [6, 6.07) is 13.8. The number of hydrogen-bond donors (Lipinski definition) is 2. The zero-order valence-corrected chi connectivity index (χ0v) is 14.1. The standard InChI is InChI=1S/C14H13BrN2O2S2/c15-11-5-3-4-10(8-11)9-17-21(18,19)13-7-2-1-6-12(13)14(16)20/h1-8,17H,9H2,(H2,16,20). The molecule has 0 aliphatic rings. The average molecular weight is 385 g/mol. The van der Waals surface area contributed by atoms with E-state index < -0.39 is 10.0 Å². The lowest BCUT2D eigenvalue weighted by Gasteiger charge is -2.10. The molecule has 7 heteroatoms. The number of rotatable bonds is 5. The van der Waals surface area contributed by atoms with E-state index in [1.807, 2.05) is 24.3 Å². The highest BCUT2D eigenvalue weighted by molar-refractivity contribution is 9.10. The zero-order chi connectivity index (χ0) is 15.5. The Labute approximate surface area is 137 Å². The van der Waals surface area contributed by atoms with Crippen LogP contribution in [0.15, 0.2) is 57.9 Å². The fraction of sp³-hybridized carbons (Fsp3) is 0.0714. The number of halogens is 1. The van der Waals surface area contributed by atoms with E-state index in [4.69, 9.17) is 18.0 Å². The van der Waals surface area contributed by atoms with Crippen LogP contribution in [0.1, 0.15) is 11.1 Å². The van der Waals surface area contributed by atoms with Crippen molar-refractivity contribution in [3.8, 4) is 0 Å². The molecule has 2 aromatic rings. The molecule has 2 aromatic carbocycles. The van der Waals surface area contributed by atoms with Crippen molar-refractivity contribution in [1.82, 2.24) is 4.72 Å². The molecule has 0 amide bonds. The Hall–Kier alpha value is -1.28. The lowest BCUT2D eigenvalue weighted by Crippen LogP contribution is -2.26. The minimum Gasteiger partial charge on any atom is -0.389 e. The molecular formula is C14H13BrN2O2S2. The Bertz CT molecular complexity index is 776. The van der Waals surface area contributed by atoms with E-state index in [-0.39, 0.29) is 16.4 Å². The van der Waals surface area contributed by atoms with Crippen LogP contribution in [0.25, 0.3) is 0 Å². The van der Waals surface area contributed by atoms with E-state index in [9.17, 15) is 8.42 Å². The van der Waals surface area contributed by atoms with Gasteiger partial charge in [0, 0.05) is 16.6 Å². The smallest absolute Gasteiger partial charge is 0.241 e. The van der Waals surface area contributed by atoms with Gasteiger partial charge < -0.3 is 5.73 Å². The van der Waals surface area contributed by atoms with E-state index in [0.29, 0.717) is 5.56 Å². The van der Waals surface area contributed by atoms with Gasteiger partial charge in [0.1, 0.15) is 4.99 Å². The average Bonchev–Trinajstić information content (AvgIpc) is 2.45. The van der Waals surface area contributed by atoms with Gasteiger partial charge in [0.2, 0.25) is 10.0 Å². The highest BCUT2D eigenvalue weighted by Gasteiger charge is 2.18. The van der Waals surface area contributed by atoms with Gasteiger partial charge in [-0.1, -0.05) is 58.5 Å². The number of benzene rings is 2. The van der Waals surface area contributed by atoms with Gasteiger partial charge in [-0.05, 0) is 23.8 Å². The first-order valence-electron chi connectivity index (χ1n) is 6.03. The van der Waals surface area contributed by atoms with Gasteiger partial charge in [-0.2, -0.15) is 0 Å². The molecule has 21 heavy (non-hydrogen) atoms. The molecule has 0 atom stereocenters. The third-order valence-electron chi connectivity index (χ3n) is 2.80. The van der Waals surface area contributed by atoms with E-state index in [2.05, 4.69) is 20.7 Å². The van der Waals surface area contributed by atoms with Crippen LogP contribution in [0.5, 0.6) is 0 Å². The Morgan fingerprint density at radius 2 is 1.90 bits per heavy atom. The van der Waals surface area contributed by atoms with Gasteiger partial charge in [-0.15, -0.1) is 0 Å². The van der Waals surface area contributed by atoms with Crippen molar-refractivity contribution in [3.63, 3.8) is 0 Å². The Morgan fingerprint density at radius 1 is 1.19 bits per heavy atom. The molecule has 0 fully saturated rings. The van der Waals surface area contributed by atoms with Gasteiger partial charge in [0.15, 0.2) is 0 Å². The van der Waals surface area contributed by atoms with Crippen LogP contribution in [-0.4, -0.2) is 13.4 Å². The first-order valence-corrected chi connectivity index (χ1v) is 8.71. The second kappa shape index (κ2) is 6.65. The van der Waals surface area contributed by atoms with Gasteiger partial charge in [0.25, 0.3) is 0 Å². The summed E-state index contributed by atoms with van der Waals surface area (Å²) in [6.45, 7) is 0.188. The van der Waals surface area contributed by atoms with Crippen LogP contribution in [0.4, 0.5) is 0 Å². The molecule has 0 aromatic heterocycles. The minimum absolute atomic E-state index is 0.0541. The van der Waals surface area contributed by atoms with Crippen molar-refractivity contribution in [2.75, 3.05) is 0 Å². The molecule has 2 rings (SSSR count). The van der Waals surface area contributed by atoms with Crippen LogP contribution in [-0.2, 0) is 16.6 Å². The molecule has 0 bridgehead atoms. The molecule has 3 N–H and O–H groups in total. The molecule has 110 valence electrons. The van der Waals surface area contributed by atoms with Crippen LogP contribution >= 0.6 is 28.1 Å². The summed E-state index contributed by atoms with van der Waals surface area (Å²) in [5.41, 5.74) is 6.76. The second-order valence-electron chi connectivity index (χ2n) is 4.31. The maximum absolute atomic E-state index is 12.4. The summed E-state index contributed by atoms with van der Waals surface area (Å²) in [7, 11) is -3.68. The Kier molecular flexibility index (Phi) is 5.10. The molecule has 4 nitrogen and oxygen atoms in total. The predicted octanol–water partition coefficient (Wildman–Crippen LogP) is 2.56. The predicted molar refractivity (Wildman–Crippen MR) is 90.5 cm³/mol. The van der Waals surface area contributed by atoms with Crippen LogP contribution in [0, 0.1) is 0 Å². The summed E-state index contributed by atoms with van der Waals surface area (Å²) >= 11 is 8.24. The van der Waals surface area contributed by atoms with E-state index >= 15 is 0 Å². The van der Waals surface area contributed by atoms with Crippen molar-refractivity contribution in [1.29, 1.82) is 0 Å². The summed E-state index contributed by atoms with van der Waals surface area (Å²) in [6.07, 6.45) is 0. The maximum atomic E-state index is 12.4. The Balaban J connectivity index is 2.25. The number of nitrogens with two attached hydrogens (primary N) is 1. The lowest BCUT2D eigenvalue weighted by molar-refractivity contribution is 0.581. The fourth-order valence-electron chi connectivity index (χ4n) is 1.81. The molecule has 0 heterocycles. The Morgan fingerprint density at radius 3 is 2.57 bits per heavy atom. The summed E-state index contributed by atoms with van der Waals surface area (Å²) < 4.78 is 28.2. The molecule has 0 aliphatic carbocycles. The zero-order valence-electron chi connectivity index (χ0n) is 10.9. The number of sulfonamides is 1. The van der Waals surface area contributed by atoms with E-state index in [0.717, 1.165) is 10.0 Å². The van der Waals surface area contributed by atoms with Crippen molar-refractivity contribution in [2.24, 2.45) is 5.73 Å². The van der Waals surface area contributed by atoms with E-state index in [1.165, 1.54) is 6.07 Å². The second-order valence-corrected chi connectivity index (χ2v) is 7.41. The van der Waals surface area contributed by atoms with Gasteiger partial charge in [-0.25, -0.2) is 13.1 Å². The number of thiocarbonyl (C=S) groups is 1. The lowest BCUT2D eigenvalue weighted by atomic mass is 10.2. The van der Waals surface area contributed by atoms with Crippen molar-refractivity contribution < 1.29 is 8.42 Å². The quantitative estimate of drug-likeness (QED) is 0.776. The van der Waals surface area contributed by atoms with Crippen molar-refractivity contribution in [3.05, 3.63) is 64.1 Å². The van der Waals surface area contributed by atoms with Gasteiger partial charge >= 0.3 is 0 Å². The summed E-state index contributed by atoms with van der Waals surface area (Å²) in [4.78, 5) is 0.144. The molecule has 0 saturated heterocycles. The monoisotopic (exact) mass is 384 g/mol. The maximum Gasteiger partial charge on any atom is 0.241 e. The topological polar surface area (TPSA) is 72.2 Å². The summed E-state index contributed by atoms with van der Waals surface area (Å²) in [5, 5.41) is 0. The SMILES string of the molecule is NC(=S)c1ccccc1S(=O)(=O)NCc1cccc(Br)c1. The molecule has 0 unspecified atom stereocenters. The van der Waals surface area contributed by atoms with E-state index in [1.54, 1.807) is 18.2 Å². The first-order chi connectivity index (χ1) is 9.90. The molecular weight excluding hydrogens is 372 g/mol. The van der Waals surface area contributed by atoms with Gasteiger partial charge in [-0.3, -0.25) is 0 Å². The van der Waals surface area contributed by atoms with Crippen molar-refractivity contribution in [2.45, 2.75) is 11.4 Å². The highest BCUT2D eigenvalue weighted by Crippen LogP contribution is 2.16. The van der Waals surface area contributed by atoms with Crippen molar-refractivity contribution >= 4 is 43.2 Å². The number of hydrogen-bond acceptors (Lipinski definition) is 3. The molecule has 0 radical (unpaired) electrons.